The molecule has 0 unspecified atom stereocenters. The van der Waals surface area contributed by atoms with Crippen LogP contribution in [-0.2, 0) is 15.3 Å². The minimum absolute atomic E-state index is 0.0238. The van der Waals surface area contributed by atoms with Gasteiger partial charge in [-0.1, -0.05) is 44.2 Å². The Morgan fingerprint density at radius 2 is 2.00 bits per heavy atom. The lowest BCUT2D eigenvalue weighted by atomic mass is 9.90. The van der Waals surface area contributed by atoms with E-state index in [-0.39, 0.29) is 18.0 Å². The molecule has 0 saturated carbocycles. The molecule has 2 nitrogen and oxygen atoms in total. The van der Waals surface area contributed by atoms with E-state index >= 15 is 0 Å². The second kappa shape index (κ2) is 5.58. The smallest absolute Gasteiger partial charge is 0.313 e. The van der Waals surface area contributed by atoms with E-state index in [4.69, 9.17) is 4.74 Å². The van der Waals surface area contributed by atoms with E-state index < -0.39 is 0 Å². The SMILES string of the molecule is CC(C)[C@@H]1OC(=O)[C@@H]1CSCc1ccccc1. The Morgan fingerprint density at radius 1 is 1.29 bits per heavy atom. The molecule has 0 bridgehead atoms. The Morgan fingerprint density at radius 3 is 2.59 bits per heavy atom. The molecule has 1 saturated heterocycles. The van der Waals surface area contributed by atoms with E-state index in [0.29, 0.717) is 5.92 Å². The summed E-state index contributed by atoms with van der Waals surface area (Å²) in [4.78, 5) is 11.4. The molecule has 2 atom stereocenters. The lowest BCUT2D eigenvalue weighted by Gasteiger charge is -2.37. The summed E-state index contributed by atoms with van der Waals surface area (Å²) in [5, 5.41) is 0. The third kappa shape index (κ3) is 3.03. The zero-order valence-electron chi connectivity index (χ0n) is 10.3. The Balaban J connectivity index is 1.77. The van der Waals surface area contributed by atoms with Gasteiger partial charge in [0, 0.05) is 11.5 Å². The van der Waals surface area contributed by atoms with E-state index in [1.54, 1.807) is 0 Å². The summed E-state index contributed by atoms with van der Waals surface area (Å²) in [6.07, 6.45) is 0.130. The van der Waals surface area contributed by atoms with Crippen LogP contribution in [0.4, 0.5) is 0 Å². The van der Waals surface area contributed by atoms with Crippen molar-refractivity contribution in [2.24, 2.45) is 11.8 Å². The Labute approximate surface area is 107 Å². The van der Waals surface area contributed by atoms with E-state index in [1.165, 1.54) is 5.56 Å². The quantitative estimate of drug-likeness (QED) is 0.751. The highest BCUT2D eigenvalue weighted by atomic mass is 32.2. The highest BCUT2D eigenvalue weighted by molar-refractivity contribution is 7.98. The van der Waals surface area contributed by atoms with Crippen LogP contribution in [-0.4, -0.2) is 17.8 Å². The molecule has 1 aliphatic heterocycles. The first-order chi connectivity index (χ1) is 8.18. The molecular weight excluding hydrogens is 232 g/mol. The zero-order chi connectivity index (χ0) is 12.3. The first kappa shape index (κ1) is 12.5. The van der Waals surface area contributed by atoms with Crippen LogP contribution in [0.25, 0.3) is 0 Å². The van der Waals surface area contributed by atoms with Crippen LogP contribution in [0, 0.1) is 11.8 Å². The van der Waals surface area contributed by atoms with E-state index in [2.05, 4.69) is 26.0 Å². The van der Waals surface area contributed by atoms with Gasteiger partial charge in [-0.25, -0.2) is 0 Å². The summed E-state index contributed by atoms with van der Waals surface area (Å²) in [6.45, 7) is 4.21. The van der Waals surface area contributed by atoms with Crippen LogP contribution < -0.4 is 0 Å². The fourth-order valence-corrected chi connectivity index (χ4v) is 3.13. The van der Waals surface area contributed by atoms with E-state index in [0.717, 1.165) is 11.5 Å². The van der Waals surface area contributed by atoms with Crippen molar-refractivity contribution < 1.29 is 9.53 Å². The number of ether oxygens (including phenoxy) is 1. The topological polar surface area (TPSA) is 26.3 Å². The van der Waals surface area contributed by atoms with Gasteiger partial charge in [0.1, 0.15) is 12.0 Å². The Hall–Kier alpha value is -0.960. The number of hydrogen-bond acceptors (Lipinski definition) is 3. The molecular formula is C14H18O2S. The van der Waals surface area contributed by atoms with Gasteiger partial charge in [-0.15, -0.1) is 0 Å². The lowest BCUT2D eigenvalue weighted by molar-refractivity contribution is -0.187. The summed E-state index contributed by atoms with van der Waals surface area (Å²) >= 11 is 1.81. The maximum atomic E-state index is 11.4. The predicted octanol–water partition coefficient (Wildman–Crippen LogP) is 3.12. The van der Waals surface area contributed by atoms with Crippen molar-refractivity contribution in [1.82, 2.24) is 0 Å². The number of hydrogen-bond donors (Lipinski definition) is 0. The molecule has 1 fully saturated rings. The van der Waals surface area contributed by atoms with E-state index in [1.807, 2.05) is 30.0 Å². The largest absolute Gasteiger partial charge is 0.461 e. The minimum atomic E-state index is -0.0238. The number of carbonyl (C=O) groups is 1. The van der Waals surface area contributed by atoms with Crippen molar-refractivity contribution in [1.29, 1.82) is 0 Å². The Bertz CT molecular complexity index is 375. The fourth-order valence-electron chi connectivity index (χ4n) is 2.01. The summed E-state index contributed by atoms with van der Waals surface area (Å²) in [5.41, 5.74) is 1.31. The van der Waals surface area contributed by atoms with Crippen molar-refractivity contribution >= 4 is 17.7 Å². The predicted molar refractivity (Wildman–Crippen MR) is 70.8 cm³/mol. The third-order valence-corrected chi connectivity index (χ3v) is 4.15. The molecule has 17 heavy (non-hydrogen) atoms. The molecule has 0 aliphatic carbocycles. The minimum Gasteiger partial charge on any atom is -0.461 e. The molecule has 1 aliphatic rings. The van der Waals surface area contributed by atoms with Crippen LogP contribution in [0.3, 0.4) is 0 Å². The third-order valence-electron chi connectivity index (χ3n) is 3.02. The van der Waals surface area contributed by atoms with Gasteiger partial charge in [-0.05, 0) is 11.5 Å². The van der Waals surface area contributed by atoms with Crippen LogP contribution in [0.2, 0.25) is 0 Å². The van der Waals surface area contributed by atoms with Gasteiger partial charge >= 0.3 is 5.97 Å². The number of thioether (sulfide) groups is 1. The van der Waals surface area contributed by atoms with Crippen molar-refractivity contribution in [3.8, 4) is 0 Å². The summed E-state index contributed by atoms with van der Waals surface area (Å²) in [6, 6.07) is 10.3. The number of benzene rings is 1. The first-order valence-corrected chi connectivity index (χ1v) is 7.16. The van der Waals surface area contributed by atoms with Gasteiger partial charge in [-0.3, -0.25) is 4.79 Å². The summed E-state index contributed by atoms with van der Waals surface area (Å²) < 4.78 is 5.16. The van der Waals surface area contributed by atoms with Gasteiger partial charge in [0.15, 0.2) is 0 Å². The molecule has 2 rings (SSSR count). The van der Waals surface area contributed by atoms with Gasteiger partial charge in [0.2, 0.25) is 0 Å². The van der Waals surface area contributed by atoms with Crippen LogP contribution in [0.1, 0.15) is 19.4 Å². The van der Waals surface area contributed by atoms with Crippen molar-refractivity contribution in [3.63, 3.8) is 0 Å². The molecule has 1 aromatic rings. The standard InChI is InChI=1S/C14H18O2S/c1-10(2)13-12(14(15)16-13)9-17-8-11-6-4-3-5-7-11/h3-7,10,12-13H,8-9H2,1-2H3/t12-,13+/m1/s1. The zero-order valence-corrected chi connectivity index (χ0v) is 11.1. The monoisotopic (exact) mass is 250 g/mol. The van der Waals surface area contributed by atoms with Crippen LogP contribution >= 0.6 is 11.8 Å². The van der Waals surface area contributed by atoms with Crippen LogP contribution in [0.15, 0.2) is 30.3 Å². The maximum Gasteiger partial charge on any atom is 0.313 e. The van der Waals surface area contributed by atoms with E-state index in [9.17, 15) is 4.79 Å². The number of rotatable bonds is 5. The average Bonchev–Trinajstić information content (AvgIpc) is 2.32. The second-order valence-electron chi connectivity index (χ2n) is 4.75. The number of carbonyl (C=O) groups excluding carboxylic acids is 1. The molecule has 0 spiro atoms. The number of esters is 1. The van der Waals surface area contributed by atoms with Gasteiger partial charge in [0.05, 0.1) is 0 Å². The van der Waals surface area contributed by atoms with Crippen molar-refractivity contribution in [2.75, 3.05) is 5.75 Å². The lowest BCUT2D eigenvalue weighted by Crippen LogP contribution is -2.49. The van der Waals surface area contributed by atoms with Gasteiger partial charge in [0.25, 0.3) is 0 Å². The summed E-state index contributed by atoms with van der Waals surface area (Å²) in [7, 11) is 0. The molecule has 92 valence electrons. The van der Waals surface area contributed by atoms with Crippen LogP contribution in [0.5, 0.6) is 0 Å². The fraction of sp³-hybridized carbons (Fsp3) is 0.500. The number of cyclic esters (lactones) is 1. The molecule has 0 aromatic heterocycles. The molecule has 0 N–H and O–H groups in total. The second-order valence-corrected chi connectivity index (χ2v) is 5.78. The molecule has 0 radical (unpaired) electrons. The molecule has 1 heterocycles. The highest BCUT2D eigenvalue weighted by Crippen LogP contribution is 2.32. The van der Waals surface area contributed by atoms with Crippen molar-refractivity contribution in [2.45, 2.75) is 25.7 Å². The normalized spacial score (nSPS) is 23.4. The van der Waals surface area contributed by atoms with Crippen molar-refractivity contribution in [3.05, 3.63) is 35.9 Å². The highest BCUT2D eigenvalue weighted by Gasteiger charge is 2.43. The molecule has 1 aromatic carbocycles. The van der Waals surface area contributed by atoms with Gasteiger partial charge in [-0.2, -0.15) is 11.8 Å². The Kier molecular flexibility index (Phi) is 4.11. The maximum absolute atomic E-state index is 11.4. The molecule has 0 amide bonds. The summed E-state index contributed by atoms with van der Waals surface area (Å²) in [5.74, 6) is 2.34. The molecule has 3 heteroatoms. The average molecular weight is 250 g/mol. The van der Waals surface area contributed by atoms with Gasteiger partial charge < -0.3 is 4.74 Å². The first-order valence-electron chi connectivity index (χ1n) is 6.00.